The molecular weight excluding hydrogens is 341 g/mol. The highest BCUT2D eigenvalue weighted by Gasteiger charge is 2.51. The Labute approximate surface area is 151 Å². The van der Waals surface area contributed by atoms with Crippen LogP contribution in [0.5, 0.6) is 0 Å². The molecular formula is C20H23F3N2O. The number of carbonyl (C=O) groups excluding carboxylic acids is 1. The maximum Gasteiger partial charge on any atom is 0.409 e. The zero-order chi connectivity index (χ0) is 19.1. The Bertz CT molecular complexity index is 829. The number of halogens is 3. The van der Waals surface area contributed by atoms with Crippen LogP contribution >= 0.6 is 0 Å². The Balaban J connectivity index is 2.14. The smallest absolute Gasteiger partial charge is 0.287 e. The van der Waals surface area contributed by atoms with E-state index in [9.17, 15) is 18.0 Å². The van der Waals surface area contributed by atoms with Gasteiger partial charge in [-0.15, -0.1) is 0 Å². The quantitative estimate of drug-likeness (QED) is 0.848. The average molecular weight is 364 g/mol. The summed E-state index contributed by atoms with van der Waals surface area (Å²) in [6.07, 6.45) is -2.78. The van der Waals surface area contributed by atoms with Crippen LogP contribution in [0.25, 0.3) is 10.8 Å². The standard InChI is InChI=1S/C20H23F3N2O/c1-4-7-13-8-5-10-15-14(13)9-6-11-16(15)17(20(21,22)23)25-12-19(2,3)18(26)24-25/h5-6,8-11,17H,4,7,12H2,1-3H3,(H,24,26)/t17-/m0/s1. The summed E-state index contributed by atoms with van der Waals surface area (Å²) in [5.74, 6) is -0.390. The molecule has 0 aromatic heterocycles. The van der Waals surface area contributed by atoms with Gasteiger partial charge in [0.05, 0.1) is 5.41 Å². The molecule has 0 spiro atoms. The fourth-order valence-electron chi connectivity index (χ4n) is 3.62. The lowest BCUT2D eigenvalue weighted by Crippen LogP contribution is -2.43. The molecule has 3 rings (SSSR count). The minimum Gasteiger partial charge on any atom is -0.287 e. The summed E-state index contributed by atoms with van der Waals surface area (Å²) >= 11 is 0. The Morgan fingerprint density at radius 2 is 1.81 bits per heavy atom. The molecule has 1 atom stereocenters. The number of hydrazine groups is 1. The van der Waals surface area contributed by atoms with Crippen LogP contribution in [0.2, 0.25) is 0 Å². The first-order valence-corrected chi connectivity index (χ1v) is 8.80. The van der Waals surface area contributed by atoms with Gasteiger partial charge in [0.2, 0.25) is 5.91 Å². The third-order valence-electron chi connectivity index (χ3n) is 4.91. The highest BCUT2D eigenvalue weighted by molar-refractivity contribution is 5.89. The fourth-order valence-corrected chi connectivity index (χ4v) is 3.62. The van der Waals surface area contributed by atoms with Crippen LogP contribution in [0.4, 0.5) is 13.2 Å². The van der Waals surface area contributed by atoms with Crippen molar-refractivity contribution in [3.05, 3.63) is 47.5 Å². The van der Waals surface area contributed by atoms with E-state index in [1.54, 1.807) is 32.0 Å². The summed E-state index contributed by atoms with van der Waals surface area (Å²) in [7, 11) is 0. The Kier molecular flexibility index (Phi) is 4.73. The molecule has 0 saturated carbocycles. The van der Waals surface area contributed by atoms with E-state index >= 15 is 0 Å². The zero-order valence-corrected chi connectivity index (χ0v) is 15.2. The molecule has 1 N–H and O–H groups in total. The second-order valence-corrected chi connectivity index (χ2v) is 7.51. The highest BCUT2D eigenvalue weighted by Crippen LogP contribution is 2.43. The monoisotopic (exact) mass is 364 g/mol. The number of aryl methyl sites for hydroxylation is 1. The molecule has 6 heteroatoms. The molecule has 2 aromatic rings. The van der Waals surface area contributed by atoms with Gasteiger partial charge in [-0.2, -0.15) is 13.2 Å². The van der Waals surface area contributed by atoms with Gasteiger partial charge in [0, 0.05) is 6.54 Å². The van der Waals surface area contributed by atoms with Crippen LogP contribution < -0.4 is 5.43 Å². The van der Waals surface area contributed by atoms with Gasteiger partial charge in [0.25, 0.3) is 0 Å². The molecule has 0 radical (unpaired) electrons. The third-order valence-corrected chi connectivity index (χ3v) is 4.91. The van der Waals surface area contributed by atoms with Crippen LogP contribution in [0.1, 0.15) is 44.4 Å². The van der Waals surface area contributed by atoms with E-state index in [0.29, 0.717) is 5.39 Å². The van der Waals surface area contributed by atoms with Crippen molar-refractivity contribution in [1.82, 2.24) is 10.4 Å². The van der Waals surface area contributed by atoms with Crippen molar-refractivity contribution in [2.45, 2.75) is 45.8 Å². The molecule has 1 fully saturated rings. The number of carbonyl (C=O) groups is 1. The number of hydrogen-bond acceptors (Lipinski definition) is 2. The minimum absolute atomic E-state index is 0.00104. The predicted molar refractivity (Wildman–Crippen MR) is 95.4 cm³/mol. The zero-order valence-electron chi connectivity index (χ0n) is 15.2. The van der Waals surface area contributed by atoms with Crippen LogP contribution in [-0.4, -0.2) is 23.6 Å². The second kappa shape index (κ2) is 6.58. The van der Waals surface area contributed by atoms with Gasteiger partial charge in [0.15, 0.2) is 6.04 Å². The Morgan fingerprint density at radius 1 is 1.15 bits per heavy atom. The SMILES string of the molecule is CCCc1cccc2c([C@H](N3CC(C)(C)C(=O)N3)C(F)(F)F)cccc12. The normalized spacial score (nSPS) is 18.9. The van der Waals surface area contributed by atoms with Gasteiger partial charge in [-0.3, -0.25) is 10.2 Å². The van der Waals surface area contributed by atoms with Crippen LogP contribution in [0, 0.1) is 5.41 Å². The van der Waals surface area contributed by atoms with Crippen molar-refractivity contribution in [2.24, 2.45) is 5.41 Å². The third kappa shape index (κ3) is 3.30. The lowest BCUT2D eigenvalue weighted by atomic mass is 9.92. The number of amides is 1. The van der Waals surface area contributed by atoms with Crippen LogP contribution in [0.15, 0.2) is 36.4 Å². The van der Waals surface area contributed by atoms with E-state index in [1.165, 1.54) is 6.07 Å². The number of hydrogen-bond donors (Lipinski definition) is 1. The van der Waals surface area contributed by atoms with Crippen LogP contribution in [-0.2, 0) is 11.2 Å². The maximum absolute atomic E-state index is 14.0. The van der Waals surface area contributed by atoms with Gasteiger partial charge in [0.1, 0.15) is 0 Å². The van der Waals surface area contributed by atoms with Gasteiger partial charge in [-0.05, 0) is 42.2 Å². The molecule has 1 aliphatic heterocycles. The van der Waals surface area contributed by atoms with Crippen molar-refractivity contribution in [3.8, 4) is 0 Å². The molecule has 1 aliphatic rings. The van der Waals surface area contributed by atoms with Gasteiger partial charge in [-0.1, -0.05) is 49.7 Å². The first-order chi connectivity index (χ1) is 12.1. The number of rotatable bonds is 4. The Hall–Kier alpha value is -2.08. The fraction of sp³-hybridized carbons (Fsp3) is 0.450. The molecule has 1 amide bonds. The highest BCUT2D eigenvalue weighted by atomic mass is 19.4. The summed E-state index contributed by atoms with van der Waals surface area (Å²) in [4.78, 5) is 12.1. The number of fused-ring (bicyclic) bond motifs is 1. The van der Waals surface area contributed by atoms with Crippen molar-refractivity contribution < 1.29 is 18.0 Å². The molecule has 3 nitrogen and oxygen atoms in total. The van der Waals surface area contributed by atoms with Gasteiger partial charge < -0.3 is 0 Å². The lowest BCUT2D eigenvalue weighted by Gasteiger charge is -2.30. The van der Waals surface area contributed by atoms with Crippen LogP contribution in [0.3, 0.4) is 0 Å². The van der Waals surface area contributed by atoms with E-state index in [0.717, 1.165) is 28.8 Å². The Morgan fingerprint density at radius 3 is 2.38 bits per heavy atom. The van der Waals surface area contributed by atoms with Gasteiger partial charge >= 0.3 is 6.18 Å². The lowest BCUT2D eigenvalue weighted by molar-refractivity contribution is -0.191. The topological polar surface area (TPSA) is 32.3 Å². The molecule has 1 saturated heterocycles. The number of benzene rings is 2. The number of nitrogens with one attached hydrogen (secondary N) is 1. The first-order valence-electron chi connectivity index (χ1n) is 8.80. The predicted octanol–water partition coefficient (Wildman–Crippen LogP) is 4.77. The molecule has 26 heavy (non-hydrogen) atoms. The summed E-state index contributed by atoms with van der Waals surface area (Å²) < 4.78 is 42.1. The minimum atomic E-state index is -4.51. The average Bonchev–Trinajstić information content (AvgIpc) is 2.80. The molecule has 2 aromatic carbocycles. The summed E-state index contributed by atoms with van der Waals surface area (Å²) in [5.41, 5.74) is 2.78. The van der Waals surface area contributed by atoms with Crippen molar-refractivity contribution in [1.29, 1.82) is 0 Å². The van der Waals surface area contributed by atoms with Crippen molar-refractivity contribution >= 4 is 16.7 Å². The summed E-state index contributed by atoms with van der Waals surface area (Å²) in [6.45, 7) is 5.35. The van der Waals surface area contributed by atoms with E-state index in [4.69, 9.17) is 0 Å². The largest absolute Gasteiger partial charge is 0.409 e. The summed E-state index contributed by atoms with van der Waals surface area (Å²) in [6, 6.07) is 8.64. The number of alkyl halides is 3. The van der Waals surface area contributed by atoms with E-state index in [2.05, 4.69) is 5.43 Å². The number of nitrogens with zero attached hydrogens (tertiary/aromatic N) is 1. The summed E-state index contributed by atoms with van der Waals surface area (Å²) in [5, 5.41) is 2.45. The van der Waals surface area contributed by atoms with E-state index in [-0.39, 0.29) is 12.1 Å². The molecule has 140 valence electrons. The van der Waals surface area contributed by atoms with E-state index in [1.807, 2.05) is 19.1 Å². The molecule has 0 unspecified atom stereocenters. The molecule has 0 aliphatic carbocycles. The van der Waals surface area contributed by atoms with Crippen molar-refractivity contribution in [2.75, 3.05) is 6.54 Å². The molecule has 1 heterocycles. The van der Waals surface area contributed by atoms with Crippen molar-refractivity contribution in [3.63, 3.8) is 0 Å². The maximum atomic E-state index is 14.0. The first kappa shape index (κ1) is 18.7. The van der Waals surface area contributed by atoms with E-state index < -0.39 is 23.5 Å². The van der Waals surface area contributed by atoms with Gasteiger partial charge in [-0.25, -0.2) is 5.01 Å². The molecule has 0 bridgehead atoms. The second-order valence-electron chi connectivity index (χ2n) is 7.51.